The third-order valence-corrected chi connectivity index (χ3v) is 5.07. The average Bonchev–Trinajstić information content (AvgIpc) is 2.70. The van der Waals surface area contributed by atoms with Gasteiger partial charge in [0, 0.05) is 19.1 Å². The first-order valence-corrected chi connectivity index (χ1v) is 7.91. The van der Waals surface area contributed by atoms with Gasteiger partial charge in [-0.05, 0) is 26.7 Å². The smallest absolute Gasteiger partial charge is 0.302 e. The lowest BCUT2D eigenvalue weighted by Gasteiger charge is -2.33. The predicted molar refractivity (Wildman–Crippen MR) is 74.0 cm³/mol. The fourth-order valence-electron chi connectivity index (χ4n) is 2.41. The van der Waals surface area contributed by atoms with Gasteiger partial charge in [0.15, 0.2) is 0 Å². The second kappa shape index (κ2) is 5.48. The number of nitrogens with one attached hydrogen (secondary N) is 2. The molecule has 108 valence electrons. The van der Waals surface area contributed by atoms with Gasteiger partial charge in [0.1, 0.15) is 0 Å². The molecule has 8 heteroatoms. The minimum absolute atomic E-state index is 0.112. The van der Waals surface area contributed by atoms with Gasteiger partial charge in [-0.3, -0.25) is 9.82 Å². The van der Waals surface area contributed by atoms with Gasteiger partial charge in [-0.2, -0.15) is 17.8 Å². The van der Waals surface area contributed by atoms with E-state index in [1.54, 1.807) is 13.8 Å². The monoisotopic (exact) mass is 287 g/mol. The summed E-state index contributed by atoms with van der Waals surface area (Å²) in [6.07, 6.45) is 2.72. The lowest BCUT2D eigenvalue weighted by molar-refractivity contribution is 0.259. The maximum absolute atomic E-state index is 12.4. The SMILES string of the molecule is Cc1n[nH]c(C)c1NS(=O)(=O)N1CCCCC1CN. The van der Waals surface area contributed by atoms with E-state index in [1.807, 2.05) is 0 Å². The van der Waals surface area contributed by atoms with Crippen molar-refractivity contribution in [2.24, 2.45) is 5.73 Å². The highest BCUT2D eigenvalue weighted by atomic mass is 32.2. The van der Waals surface area contributed by atoms with Crippen molar-refractivity contribution in [1.29, 1.82) is 0 Å². The molecule has 1 aliphatic heterocycles. The minimum Gasteiger partial charge on any atom is -0.329 e. The molecule has 1 aromatic heterocycles. The molecular weight excluding hydrogens is 266 g/mol. The number of aryl methyl sites for hydroxylation is 2. The molecule has 1 fully saturated rings. The summed E-state index contributed by atoms with van der Waals surface area (Å²) < 4.78 is 29.0. The van der Waals surface area contributed by atoms with Gasteiger partial charge in [-0.1, -0.05) is 6.42 Å². The Hall–Kier alpha value is -1.12. The molecule has 1 atom stereocenters. The van der Waals surface area contributed by atoms with Gasteiger partial charge >= 0.3 is 10.2 Å². The van der Waals surface area contributed by atoms with E-state index in [0.29, 0.717) is 30.2 Å². The summed E-state index contributed by atoms with van der Waals surface area (Å²) in [6, 6.07) is -0.112. The lowest BCUT2D eigenvalue weighted by Crippen LogP contribution is -2.49. The van der Waals surface area contributed by atoms with E-state index in [-0.39, 0.29) is 6.04 Å². The lowest BCUT2D eigenvalue weighted by atomic mass is 10.1. The molecule has 0 bridgehead atoms. The Bertz CT molecular complexity index is 520. The highest BCUT2D eigenvalue weighted by Crippen LogP contribution is 2.23. The van der Waals surface area contributed by atoms with Crippen LogP contribution in [-0.2, 0) is 10.2 Å². The molecule has 19 heavy (non-hydrogen) atoms. The molecule has 7 nitrogen and oxygen atoms in total. The molecule has 0 aliphatic carbocycles. The zero-order valence-electron chi connectivity index (χ0n) is 11.3. The van der Waals surface area contributed by atoms with Crippen molar-refractivity contribution in [2.75, 3.05) is 17.8 Å². The maximum atomic E-state index is 12.4. The Morgan fingerprint density at radius 1 is 1.47 bits per heavy atom. The number of rotatable bonds is 4. The highest BCUT2D eigenvalue weighted by molar-refractivity contribution is 7.90. The minimum atomic E-state index is -3.57. The summed E-state index contributed by atoms with van der Waals surface area (Å²) in [6.45, 7) is 4.42. The topological polar surface area (TPSA) is 104 Å². The number of aromatic nitrogens is 2. The van der Waals surface area contributed by atoms with E-state index in [0.717, 1.165) is 19.3 Å². The molecule has 4 N–H and O–H groups in total. The summed E-state index contributed by atoms with van der Waals surface area (Å²) in [5.74, 6) is 0. The van der Waals surface area contributed by atoms with E-state index in [2.05, 4.69) is 14.9 Å². The Morgan fingerprint density at radius 3 is 2.79 bits per heavy atom. The number of H-pyrrole nitrogens is 1. The van der Waals surface area contributed by atoms with E-state index in [1.165, 1.54) is 4.31 Å². The van der Waals surface area contributed by atoms with Crippen molar-refractivity contribution in [3.63, 3.8) is 0 Å². The Kier molecular flexibility index (Phi) is 4.12. The van der Waals surface area contributed by atoms with Crippen LogP contribution < -0.4 is 10.5 Å². The van der Waals surface area contributed by atoms with Gasteiger partial charge in [-0.15, -0.1) is 0 Å². The molecule has 2 rings (SSSR count). The molecule has 0 saturated carbocycles. The summed E-state index contributed by atoms with van der Waals surface area (Å²) in [5.41, 5.74) is 7.55. The molecule has 1 aliphatic rings. The molecule has 2 heterocycles. The maximum Gasteiger partial charge on any atom is 0.302 e. The van der Waals surface area contributed by atoms with Crippen molar-refractivity contribution in [2.45, 2.75) is 39.2 Å². The Labute approximate surface area is 113 Å². The third kappa shape index (κ3) is 2.90. The number of anilines is 1. The molecule has 0 aromatic carbocycles. The van der Waals surface area contributed by atoms with E-state index < -0.39 is 10.2 Å². The van der Waals surface area contributed by atoms with Crippen LogP contribution in [0.5, 0.6) is 0 Å². The number of nitrogens with two attached hydrogens (primary N) is 1. The second-order valence-electron chi connectivity index (χ2n) is 4.91. The van der Waals surface area contributed by atoms with Crippen molar-refractivity contribution in [3.05, 3.63) is 11.4 Å². The van der Waals surface area contributed by atoms with E-state index in [4.69, 9.17) is 5.73 Å². The molecule has 0 spiro atoms. The van der Waals surface area contributed by atoms with Crippen LogP contribution in [0.4, 0.5) is 5.69 Å². The fraction of sp³-hybridized carbons (Fsp3) is 0.727. The zero-order valence-corrected chi connectivity index (χ0v) is 12.1. The van der Waals surface area contributed by atoms with Crippen molar-refractivity contribution >= 4 is 15.9 Å². The first-order chi connectivity index (χ1) is 8.95. The van der Waals surface area contributed by atoms with Crippen LogP contribution in [0.1, 0.15) is 30.7 Å². The second-order valence-corrected chi connectivity index (χ2v) is 6.54. The molecule has 1 saturated heterocycles. The van der Waals surface area contributed by atoms with Crippen LogP contribution in [0, 0.1) is 13.8 Å². The van der Waals surface area contributed by atoms with Gasteiger partial charge in [-0.25, -0.2) is 0 Å². The van der Waals surface area contributed by atoms with Crippen molar-refractivity contribution in [3.8, 4) is 0 Å². The van der Waals surface area contributed by atoms with Crippen LogP contribution in [-0.4, -0.2) is 42.1 Å². The summed E-state index contributed by atoms with van der Waals surface area (Å²) in [7, 11) is -3.57. The highest BCUT2D eigenvalue weighted by Gasteiger charge is 2.32. The van der Waals surface area contributed by atoms with Crippen LogP contribution in [0.3, 0.4) is 0 Å². The summed E-state index contributed by atoms with van der Waals surface area (Å²) in [5, 5.41) is 6.76. The summed E-state index contributed by atoms with van der Waals surface area (Å²) in [4.78, 5) is 0. The number of nitrogens with zero attached hydrogens (tertiary/aromatic N) is 2. The van der Waals surface area contributed by atoms with Crippen LogP contribution in [0.15, 0.2) is 0 Å². The number of piperidine rings is 1. The van der Waals surface area contributed by atoms with Gasteiger partial charge in [0.05, 0.1) is 17.1 Å². The van der Waals surface area contributed by atoms with Crippen molar-refractivity contribution < 1.29 is 8.42 Å². The number of hydrogen-bond donors (Lipinski definition) is 3. The first kappa shape index (κ1) is 14.3. The van der Waals surface area contributed by atoms with Gasteiger partial charge in [0.2, 0.25) is 0 Å². The Morgan fingerprint density at radius 2 is 2.21 bits per heavy atom. The number of aromatic amines is 1. The molecule has 1 unspecified atom stereocenters. The van der Waals surface area contributed by atoms with E-state index in [9.17, 15) is 8.42 Å². The average molecular weight is 287 g/mol. The normalized spacial score (nSPS) is 21.5. The van der Waals surface area contributed by atoms with Crippen LogP contribution in [0.2, 0.25) is 0 Å². The quantitative estimate of drug-likeness (QED) is 0.750. The third-order valence-electron chi connectivity index (χ3n) is 3.51. The predicted octanol–water partition coefficient (Wildman–Crippen LogP) is 0.496. The standard InChI is InChI=1S/C11H21N5O2S/c1-8-11(9(2)14-13-8)15-19(17,18)16-6-4-3-5-10(16)7-12/h10,15H,3-7,12H2,1-2H3,(H,13,14). The summed E-state index contributed by atoms with van der Waals surface area (Å²) >= 11 is 0. The molecule has 0 radical (unpaired) electrons. The molecular formula is C11H21N5O2S. The molecule has 0 amide bonds. The zero-order chi connectivity index (χ0) is 14.0. The van der Waals surface area contributed by atoms with Crippen molar-refractivity contribution in [1.82, 2.24) is 14.5 Å². The number of hydrogen-bond acceptors (Lipinski definition) is 4. The van der Waals surface area contributed by atoms with Crippen LogP contribution in [0.25, 0.3) is 0 Å². The van der Waals surface area contributed by atoms with Gasteiger partial charge < -0.3 is 5.73 Å². The van der Waals surface area contributed by atoms with Crippen LogP contribution >= 0.6 is 0 Å². The first-order valence-electron chi connectivity index (χ1n) is 6.47. The largest absolute Gasteiger partial charge is 0.329 e. The van der Waals surface area contributed by atoms with E-state index >= 15 is 0 Å². The Balaban J connectivity index is 2.22. The molecule has 1 aromatic rings. The fourth-order valence-corrected chi connectivity index (χ4v) is 4.04. The van der Waals surface area contributed by atoms with Gasteiger partial charge in [0.25, 0.3) is 0 Å².